The summed E-state index contributed by atoms with van der Waals surface area (Å²) in [7, 11) is 0. The summed E-state index contributed by atoms with van der Waals surface area (Å²) in [6, 6.07) is 0. The summed E-state index contributed by atoms with van der Waals surface area (Å²) in [6.07, 6.45) is 20.9. The van der Waals surface area contributed by atoms with E-state index in [1.807, 2.05) is 13.8 Å². The fourth-order valence-electron chi connectivity index (χ4n) is 3.32. The van der Waals surface area contributed by atoms with Gasteiger partial charge in [-0.25, -0.2) is 0 Å². The summed E-state index contributed by atoms with van der Waals surface area (Å²) in [5.41, 5.74) is 0. The van der Waals surface area contributed by atoms with E-state index in [-0.39, 0.29) is 12.6 Å². The molecule has 27 heavy (non-hydrogen) atoms. The van der Waals surface area contributed by atoms with E-state index in [9.17, 15) is 0 Å². The van der Waals surface area contributed by atoms with Gasteiger partial charge >= 0.3 is 0 Å². The van der Waals surface area contributed by atoms with Crippen LogP contribution in [0.4, 0.5) is 0 Å². The standard InChI is InChI=1S/C24H50O3/c1-5-7-9-11-13-15-17-19-21-25-23(3)27-24(4)26-22-20-18-16-14-12-10-8-6-2/h23-24H,5-22H2,1-4H3. The maximum atomic E-state index is 5.75. The number of hydrogen-bond acceptors (Lipinski definition) is 3. The maximum absolute atomic E-state index is 5.75. The van der Waals surface area contributed by atoms with Crippen LogP contribution in [0.1, 0.15) is 130 Å². The molecule has 164 valence electrons. The van der Waals surface area contributed by atoms with Crippen LogP contribution in [0.25, 0.3) is 0 Å². The van der Waals surface area contributed by atoms with E-state index in [1.165, 1.54) is 89.9 Å². The van der Waals surface area contributed by atoms with Crippen LogP contribution in [0, 0.1) is 0 Å². The van der Waals surface area contributed by atoms with Gasteiger partial charge in [-0.05, 0) is 26.7 Å². The Morgan fingerprint density at radius 1 is 0.444 bits per heavy atom. The molecule has 0 N–H and O–H groups in total. The minimum Gasteiger partial charge on any atom is -0.353 e. The molecule has 0 spiro atoms. The van der Waals surface area contributed by atoms with Crippen molar-refractivity contribution >= 4 is 0 Å². The van der Waals surface area contributed by atoms with Crippen LogP contribution in [0.5, 0.6) is 0 Å². The number of hydrogen-bond donors (Lipinski definition) is 0. The van der Waals surface area contributed by atoms with E-state index in [4.69, 9.17) is 14.2 Å². The summed E-state index contributed by atoms with van der Waals surface area (Å²) in [5, 5.41) is 0. The van der Waals surface area contributed by atoms with Gasteiger partial charge in [-0.15, -0.1) is 0 Å². The van der Waals surface area contributed by atoms with Gasteiger partial charge in [0.25, 0.3) is 0 Å². The summed E-state index contributed by atoms with van der Waals surface area (Å²) in [4.78, 5) is 0. The minimum atomic E-state index is -0.178. The lowest BCUT2D eigenvalue weighted by Crippen LogP contribution is -2.23. The van der Waals surface area contributed by atoms with Gasteiger partial charge in [0.15, 0.2) is 12.6 Å². The Balaban J connectivity index is 3.30. The largest absolute Gasteiger partial charge is 0.353 e. The summed E-state index contributed by atoms with van der Waals surface area (Å²) >= 11 is 0. The molecule has 3 nitrogen and oxygen atoms in total. The van der Waals surface area contributed by atoms with Crippen LogP contribution in [-0.2, 0) is 14.2 Å². The Morgan fingerprint density at radius 3 is 1.07 bits per heavy atom. The molecule has 0 heterocycles. The first-order valence-electron chi connectivity index (χ1n) is 12.1. The molecule has 2 unspecified atom stereocenters. The Labute approximate surface area is 170 Å². The molecule has 0 rings (SSSR count). The smallest absolute Gasteiger partial charge is 0.157 e. The van der Waals surface area contributed by atoms with Crippen molar-refractivity contribution in [3.63, 3.8) is 0 Å². The predicted molar refractivity (Wildman–Crippen MR) is 117 cm³/mol. The SMILES string of the molecule is CCCCCCCCCCOC(C)OC(C)OCCCCCCCCCC. The number of rotatable bonds is 22. The number of unbranched alkanes of at least 4 members (excludes halogenated alkanes) is 14. The van der Waals surface area contributed by atoms with Crippen LogP contribution < -0.4 is 0 Å². The van der Waals surface area contributed by atoms with Gasteiger partial charge < -0.3 is 14.2 Å². The van der Waals surface area contributed by atoms with Crippen molar-refractivity contribution in [2.45, 2.75) is 143 Å². The fraction of sp³-hybridized carbons (Fsp3) is 1.00. The quantitative estimate of drug-likeness (QED) is 0.139. The van der Waals surface area contributed by atoms with E-state index in [0.29, 0.717) is 0 Å². The van der Waals surface area contributed by atoms with Gasteiger partial charge in [-0.3, -0.25) is 0 Å². The first kappa shape index (κ1) is 26.9. The molecule has 3 heteroatoms. The molecule has 0 aliphatic rings. The molecular formula is C24H50O3. The highest BCUT2D eigenvalue weighted by molar-refractivity contribution is 4.48. The van der Waals surface area contributed by atoms with Crippen molar-refractivity contribution in [2.24, 2.45) is 0 Å². The molecule has 0 saturated heterocycles. The second-order valence-corrected chi connectivity index (χ2v) is 7.96. The average molecular weight is 387 g/mol. The molecular weight excluding hydrogens is 336 g/mol. The first-order chi connectivity index (χ1) is 13.2. The van der Waals surface area contributed by atoms with Crippen LogP contribution in [0.2, 0.25) is 0 Å². The fourth-order valence-corrected chi connectivity index (χ4v) is 3.32. The highest BCUT2D eigenvalue weighted by Crippen LogP contribution is 2.11. The molecule has 0 radical (unpaired) electrons. The zero-order chi connectivity index (χ0) is 20.0. The van der Waals surface area contributed by atoms with E-state index in [1.54, 1.807) is 0 Å². The van der Waals surface area contributed by atoms with Crippen LogP contribution >= 0.6 is 0 Å². The van der Waals surface area contributed by atoms with Gasteiger partial charge in [0.2, 0.25) is 0 Å². The Morgan fingerprint density at radius 2 is 0.741 bits per heavy atom. The monoisotopic (exact) mass is 386 g/mol. The third-order valence-electron chi connectivity index (χ3n) is 5.08. The Hall–Kier alpha value is -0.120. The summed E-state index contributed by atoms with van der Waals surface area (Å²) in [5.74, 6) is 0. The second-order valence-electron chi connectivity index (χ2n) is 7.96. The van der Waals surface area contributed by atoms with Crippen LogP contribution in [-0.4, -0.2) is 25.8 Å². The molecule has 0 fully saturated rings. The molecule has 2 atom stereocenters. The van der Waals surface area contributed by atoms with Crippen LogP contribution in [0.3, 0.4) is 0 Å². The van der Waals surface area contributed by atoms with Crippen molar-refractivity contribution in [3.05, 3.63) is 0 Å². The van der Waals surface area contributed by atoms with Crippen molar-refractivity contribution in [3.8, 4) is 0 Å². The second kappa shape index (κ2) is 22.2. The third-order valence-corrected chi connectivity index (χ3v) is 5.08. The lowest BCUT2D eigenvalue weighted by atomic mass is 10.1. The van der Waals surface area contributed by atoms with Gasteiger partial charge in [-0.2, -0.15) is 0 Å². The molecule has 0 amide bonds. The van der Waals surface area contributed by atoms with Crippen molar-refractivity contribution < 1.29 is 14.2 Å². The van der Waals surface area contributed by atoms with Crippen LogP contribution in [0.15, 0.2) is 0 Å². The lowest BCUT2D eigenvalue weighted by molar-refractivity contribution is -0.231. The van der Waals surface area contributed by atoms with Gasteiger partial charge in [0, 0.05) is 13.2 Å². The molecule has 0 aliphatic heterocycles. The number of ether oxygens (including phenoxy) is 3. The first-order valence-corrected chi connectivity index (χ1v) is 12.1. The third kappa shape index (κ3) is 22.0. The highest BCUT2D eigenvalue weighted by Gasteiger charge is 2.08. The predicted octanol–water partition coefficient (Wildman–Crippen LogP) is 8.01. The van der Waals surface area contributed by atoms with Crippen molar-refractivity contribution in [2.75, 3.05) is 13.2 Å². The molecule has 0 aromatic carbocycles. The average Bonchev–Trinajstić information content (AvgIpc) is 2.65. The zero-order valence-electron chi connectivity index (χ0n) is 19.1. The molecule has 0 saturated carbocycles. The molecule has 0 aliphatic carbocycles. The topological polar surface area (TPSA) is 27.7 Å². The van der Waals surface area contributed by atoms with Gasteiger partial charge in [0.1, 0.15) is 0 Å². The van der Waals surface area contributed by atoms with E-state index >= 15 is 0 Å². The van der Waals surface area contributed by atoms with E-state index in [2.05, 4.69) is 13.8 Å². The highest BCUT2D eigenvalue weighted by atomic mass is 16.8. The zero-order valence-corrected chi connectivity index (χ0v) is 19.1. The summed E-state index contributed by atoms with van der Waals surface area (Å²) in [6.45, 7) is 10.1. The maximum Gasteiger partial charge on any atom is 0.157 e. The van der Waals surface area contributed by atoms with Crippen molar-refractivity contribution in [1.29, 1.82) is 0 Å². The van der Waals surface area contributed by atoms with Gasteiger partial charge in [-0.1, -0.05) is 104 Å². The van der Waals surface area contributed by atoms with Gasteiger partial charge in [0.05, 0.1) is 0 Å². The Kier molecular flexibility index (Phi) is 22.1. The normalized spacial score (nSPS) is 13.8. The van der Waals surface area contributed by atoms with E-state index < -0.39 is 0 Å². The minimum absolute atomic E-state index is 0.178. The molecule has 0 aromatic heterocycles. The lowest BCUT2D eigenvalue weighted by Gasteiger charge is -2.20. The molecule has 0 aromatic rings. The van der Waals surface area contributed by atoms with E-state index in [0.717, 1.165) is 26.1 Å². The Bertz CT molecular complexity index is 244. The molecule has 0 bridgehead atoms. The summed E-state index contributed by atoms with van der Waals surface area (Å²) < 4.78 is 17.2. The van der Waals surface area contributed by atoms with Crippen molar-refractivity contribution in [1.82, 2.24) is 0 Å².